The Morgan fingerprint density at radius 3 is 2.88 bits per heavy atom. The summed E-state index contributed by atoms with van der Waals surface area (Å²) in [5.41, 5.74) is 0.990. The zero-order valence-corrected chi connectivity index (χ0v) is 14.9. The van der Waals surface area contributed by atoms with Crippen molar-refractivity contribution in [3.63, 3.8) is 0 Å². The van der Waals surface area contributed by atoms with Gasteiger partial charge in [-0.2, -0.15) is 4.98 Å². The van der Waals surface area contributed by atoms with E-state index in [0.29, 0.717) is 12.5 Å². The topological polar surface area (TPSA) is 63.1 Å². The second kappa shape index (κ2) is 7.34. The lowest BCUT2D eigenvalue weighted by Crippen LogP contribution is -2.35. The summed E-state index contributed by atoms with van der Waals surface area (Å²) < 4.78 is 5.48. The Bertz CT molecular complexity index is 590. The van der Waals surface area contributed by atoms with Crippen molar-refractivity contribution in [2.75, 3.05) is 44.2 Å². The van der Waals surface area contributed by atoms with E-state index in [0.717, 1.165) is 57.2 Å². The molecule has 0 radical (unpaired) electrons. The number of oxime groups is 1. The van der Waals surface area contributed by atoms with E-state index >= 15 is 0 Å². The fourth-order valence-corrected chi connectivity index (χ4v) is 3.13. The van der Waals surface area contributed by atoms with Crippen molar-refractivity contribution in [1.29, 1.82) is 0 Å². The first kappa shape index (κ1) is 17.0. The first-order chi connectivity index (χ1) is 11.6. The van der Waals surface area contributed by atoms with Gasteiger partial charge in [0.05, 0.1) is 12.3 Å². The van der Waals surface area contributed by atoms with Gasteiger partial charge in [0.1, 0.15) is 5.60 Å². The third kappa shape index (κ3) is 4.35. The molecule has 0 N–H and O–H groups in total. The minimum Gasteiger partial charge on any atom is -0.478 e. The molecule has 0 amide bonds. The Morgan fingerprint density at radius 1 is 1.25 bits per heavy atom. The Labute approximate surface area is 143 Å². The predicted molar refractivity (Wildman–Crippen MR) is 93.7 cm³/mol. The average molecular weight is 333 g/mol. The fourth-order valence-electron chi connectivity index (χ4n) is 3.13. The Kier molecular flexibility index (Phi) is 5.18. The van der Waals surface area contributed by atoms with E-state index in [2.05, 4.69) is 38.8 Å². The van der Waals surface area contributed by atoms with Gasteiger partial charge in [0.15, 0.2) is 0 Å². The monoisotopic (exact) mass is 333 g/mol. The molecule has 0 aromatic carbocycles. The highest BCUT2D eigenvalue weighted by atomic mass is 16.7. The first-order valence-electron chi connectivity index (χ1n) is 8.73. The van der Waals surface area contributed by atoms with Gasteiger partial charge in [0.25, 0.3) is 0 Å². The van der Waals surface area contributed by atoms with Crippen LogP contribution in [-0.2, 0) is 4.84 Å². The molecule has 2 aliphatic heterocycles. The molecule has 0 spiro atoms. The summed E-state index contributed by atoms with van der Waals surface area (Å²) in [5, 5.41) is 4.24. The molecule has 7 heteroatoms. The van der Waals surface area contributed by atoms with Crippen LogP contribution in [0, 0.1) is 0 Å². The van der Waals surface area contributed by atoms with Crippen LogP contribution in [-0.4, -0.2) is 65.5 Å². The van der Waals surface area contributed by atoms with E-state index in [4.69, 9.17) is 9.57 Å². The van der Waals surface area contributed by atoms with E-state index in [1.165, 1.54) is 0 Å². The van der Waals surface area contributed by atoms with Gasteiger partial charge >= 0.3 is 0 Å². The van der Waals surface area contributed by atoms with E-state index in [-0.39, 0.29) is 5.60 Å². The van der Waals surface area contributed by atoms with Crippen molar-refractivity contribution in [2.45, 2.75) is 39.2 Å². The average Bonchev–Trinajstić information content (AvgIpc) is 2.75. The molecule has 0 bridgehead atoms. The quantitative estimate of drug-likeness (QED) is 0.821. The van der Waals surface area contributed by atoms with Gasteiger partial charge in [0, 0.05) is 51.4 Å². The number of hydrogen-bond donors (Lipinski definition) is 0. The van der Waals surface area contributed by atoms with Crippen LogP contribution in [0.2, 0.25) is 0 Å². The molecule has 0 unspecified atom stereocenters. The SMILES string of the molecule is CCOc1ccnc(N2CCCN(CC3=NOC(C)(C)C3)CC2)n1. The van der Waals surface area contributed by atoms with Crippen LogP contribution in [0.3, 0.4) is 0 Å². The zero-order valence-electron chi connectivity index (χ0n) is 14.9. The minimum absolute atomic E-state index is 0.152. The van der Waals surface area contributed by atoms with Crippen molar-refractivity contribution < 1.29 is 9.57 Å². The molecule has 3 heterocycles. The molecular weight excluding hydrogens is 306 g/mol. The summed E-state index contributed by atoms with van der Waals surface area (Å²) in [7, 11) is 0. The molecule has 1 aromatic heterocycles. The second-order valence-electron chi connectivity index (χ2n) is 6.93. The number of ether oxygens (including phenoxy) is 1. The largest absolute Gasteiger partial charge is 0.478 e. The second-order valence-corrected chi connectivity index (χ2v) is 6.93. The van der Waals surface area contributed by atoms with Crippen LogP contribution in [0.15, 0.2) is 17.4 Å². The maximum atomic E-state index is 5.48. The summed E-state index contributed by atoms with van der Waals surface area (Å²) in [4.78, 5) is 19.1. The van der Waals surface area contributed by atoms with Crippen LogP contribution in [0.25, 0.3) is 0 Å². The van der Waals surface area contributed by atoms with Crippen molar-refractivity contribution >= 4 is 11.7 Å². The summed E-state index contributed by atoms with van der Waals surface area (Å²) in [5.74, 6) is 1.40. The van der Waals surface area contributed by atoms with Crippen molar-refractivity contribution in [2.24, 2.45) is 5.16 Å². The molecule has 1 aromatic rings. The van der Waals surface area contributed by atoms with Crippen LogP contribution in [0.4, 0.5) is 5.95 Å². The van der Waals surface area contributed by atoms with Crippen LogP contribution < -0.4 is 9.64 Å². The number of anilines is 1. The smallest absolute Gasteiger partial charge is 0.228 e. The Morgan fingerprint density at radius 2 is 2.12 bits per heavy atom. The number of aromatic nitrogens is 2. The summed E-state index contributed by atoms with van der Waals surface area (Å²) in [6.07, 6.45) is 3.76. The molecule has 24 heavy (non-hydrogen) atoms. The van der Waals surface area contributed by atoms with Gasteiger partial charge < -0.3 is 14.5 Å². The molecule has 1 saturated heterocycles. The molecule has 0 atom stereocenters. The fraction of sp³-hybridized carbons (Fsp3) is 0.706. The predicted octanol–water partition coefficient (Wildman–Crippen LogP) is 1.94. The lowest BCUT2D eigenvalue weighted by atomic mass is 10.0. The van der Waals surface area contributed by atoms with Gasteiger partial charge in [-0.1, -0.05) is 5.16 Å². The van der Waals surface area contributed by atoms with E-state index in [9.17, 15) is 0 Å². The van der Waals surface area contributed by atoms with Gasteiger partial charge in [-0.15, -0.1) is 0 Å². The molecule has 3 rings (SSSR count). The lowest BCUT2D eigenvalue weighted by molar-refractivity contribution is 0.0123. The standard InChI is InChI=1S/C17H27N5O2/c1-4-23-15-6-7-18-16(19-15)22-9-5-8-21(10-11-22)13-14-12-17(2,3)24-20-14/h6-7H,4-5,8-13H2,1-3H3. The van der Waals surface area contributed by atoms with E-state index in [1.807, 2.05) is 6.92 Å². The molecule has 2 aliphatic rings. The highest BCUT2D eigenvalue weighted by molar-refractivity contribution is 5.87. The number of nitrogens with zero attached hydrogens (tertiary/aromatic N) is 5. The van der Waals surface area contributed by atoms with Gasteiger partial charge in [-0.05, 0) is 27.2 Å². The molecule has 0 saturated carbocycles. The van der Waals surface area contributed by atoms with Crippen LogP contribution >= 0.6 is 0 Å². The van der Waals surface area contributed by atoms with E-state index < -0.39 is 0 Å². The summed E-state index contributed by atoms with van der Waals surface area (Å²) in [6.45, 7) is 11.5. The Balaban J connectivity index is 1.56. The van der Waals surface area contributed by atoms with Crippen LogP contribution in [0.1, 0.15) is 33.6 Å². The highest BCUT2D eigenvalue weighted by Gasteiger charge is 2.30. The number of hydrogen-bond acceptors (Lipinski definition) is 7. The first-order valence-corrected chi connectivity index (χ1v) is 8.73. The lowest BCUT2D eigenvalue weighted by Gasteiger charge is -2.22. The van der Waals surface area contributed by atoms with Crippen LogP contribution in [0.5, 0.6) is 5.88 Å². The van der Waals surface area contributed by atoms with Crippen molar-refractivity contribution in [1.82, 2.24) is 14.9 Å². The third-order valence-electron chi connectivity index (χ3n) is 4.24. The summed E-state index contributed by atoms with van der Waals surface area (Å²) >= 11 is 0. The highest BCUT2D eigenvalue weighted by Crippen LogP contribution is 2.23. The summed E-state index contributed by atoms with van der Waals surface area (Å²) in [6, 6.07) is 1.80. The normalized spacial score (nSPS) is 21.1. The molecular formula is C17H27N5O2. The van der Waals surface area contributed by atoms with Gasteiger partial charge in [0.2, 0.25) is 11.8 Å². The van der Waals surface area contributed by atoms with Gasteiger partial charge in [-0.25, -0.2) is 4.98 Å². The van der Waals surface area contributed by atoms with Crippen molar-refractivity contribution in [3.8, 4) is 5.88 Å². The minimum atomic E-state index is -0.152. The molecule has 7 nitrogen and oxygen atoms in total. The van der Waals surface area contributed by atoms with Gasteiger partial charge in [-0.3, -0.25) is 4.90 Å². The molecule has 132 valence electrons. The maximum Gasteiger partial charge on any atom is 0.228 e. The third-order valence-corrected chi connectivity index (χ3v) is 4.24. The molecule has 1 fully saturated rings. The Hall–Kier alpha value is -1.89. The maximum absolute atomic E-state index is 5.48. The van der Waals surface area contributed by atoms with Crippen molar-refractivity contribution in [3.05, 3.63) is 12.3 Å². The zero-order chi connectivity index (χ0) is 17.0. The number of rotatable bonds is 5. The molecule has 0 aliphatic carbocycles. The van der Waals surface area contributed by atoms with E-state index in [1.54, 1.807) is 12.3 Å².